The van der Waals surface area contributed by atoms with Crippen LogP contribution in [0.1, 0.15) is 43.9 Å². The lowest BCUT2D eigenvalue weighted by molar-refractivity contribution is -0.148. The van der Waals surface area contributed by atoms with Gasteiger partial charge >= 0.3 is 12.0 Å². The Kier molecular flexibility index (Phi) is 10.5. The highest BCUT2D eigenvalue weighted by Crippen LogP contribution is 2.26. The lowest BCUT2D eigenvalue weighted by atomic mass is 9.85. The van der Waals surface area contributed by atoms with E-state index < -0.39 is 47.6 Å². The van der Waals surface area contributed by atoms with Crippen LogP contribution in [0.25, 0.3) is 0 Å². The quantitative estimate of drug-likeness (QED) is 0.295. The van der Waals surface area contributed by atoms with Crippen molar-refractivity contribution in [3.8, 4) is 0 Å². The molecule has 0 aromatic heterocycles. The number of Topliss-reactive ketones (excluding diaryl/α,β-unsaturated/α-hetero) is 1. The van der Waals surface area contributed by atoms with E-state index in [2.05, 4.69) is 10.6 Å². The van der Waals surface area contributed by atoms with Gasteiger partial charge < -0.3 is 15.4 Å². The zero-order valence-corrected chi connectivity index (χ0v) is 23.0. The molecule has 0 aliphatic heterocycles. The monoisotopic (exact) mass is 550 g/mol. The van der Waals surface area contributed by atoms with E-state index in [1.807, 2.05) is 18.2 Å². The van der Waals surface area contributed by atoms with E-state index in [-0.39, 0.29) is 19.4 Å². The first-order valence-electron chi connectivity index (χ1n) is 13.2. The fourth-order valence-electron chi connectivity index (χ4n) is 4.20. The lowest BCUT2D eigenvalue weighted by Crippen LogP contribution is -2.58. The van der Waals surface area contributed by atoms with Crippen LogP contribution in [0.3, 0.4) is 0 Å². The Bertz CT molecular complexity index is 1250. The predicted molar refractivity (Wildman–Crippen MR) is 150 cm³/mol. The third kappa shape index (κ3) is 9.29. The molecule has 3 aromatic rings. The molecule has 0 aliphatic rings. The minimum atomic E-state index is -3.68. The zero-order valence-electron chi connectivity index (χ0n) is 23.0. The molecule has 0 fully saturated rings. The van der Waals surface area contributed by atoms with Gasteiger partial charge in [-0.3, -0.25) is 9.59 Å². The Morgan fingerprint density at radius 1 is 0.750 bits per heavy atom. The van der Waals surface area contributed by atoms with Gasteiger partial charge in [-0.05, 0) is 34.9 Å². The van der Waals surface area contributed by atoms with Gasteiger partial charge in [-0.15, -0.1) is 0 Å². The van der Waals surface area contributed by atoms with E-state index in [1.54, 1.807) is 93.6 Å². The fourth-order valence-corrected chi connectivity index (χ4v) is 4.20. The highest BCUT2D eigenvalue weighted by atomic mass is 19.3. The number of benzene rings is 3. The van der Waals surface area contributed by atoms with Gasteiger partial charge in [0.25, 0.3) is 0 Å². The minimum Gasteiger partial charge on any atom is -0.445 e. The van der Waals surface area contributed by atoms with Crippen molar-refractivity contribution in [2.45, 2.75) is 64.6 Å². The Balaban J connectivity index is 1.75. The second kappa shape index (κ2) is 13.8. The molecule has 0 bridgehead atoms. The molecule has 0 radical (unpaired) electrons. The van der Waals surface area contributed by atoms with Crippen molar-refractivity contribution < 1.29 is 27.9 Å². The summed E-state index contributed by atoms with van der Waals surface area (Å²) in [6.07, 6.45) is -1.64. The third-order valence-corrected chi connectivity index (χ3v) is 6.45. The van der Waals surface area contributed by atoms with Crippen molar-refractivity contribution in [3.05, 3.63) is 108 Å². The number of amides is 2. The summed E-state index contributed by atoms with van der Waals surface area (Å²) in [6, 6.07) is 23.7. The summed E-state index contributed by atoms with van der Waals surface area (Å²) in [6.45, 7) is 5.15. The van der Waals surface area contributed by atoms with Gasteiger partial charge in [0.15, 0.2) is 0 Å². The third-order valence-electron chi connectivity index (χ3n) is 6.45. The van der Waals surface area contributed by atoms with Crippen LogP contribution in [0.2, 0.25) is 0 Å². The molecule has 1 unspecified atom stereocenters. The Morgan fingerprint density at radius 3 is 1.77 bits per heavy atom. The molecule has 212 valence electrons. The largest absolute Gasteiger partial charge is 0.445 e. The number of ketones is 1. The zero-order chi connectivity index (χ0) is 29.2. The first kappa shape index (κ1) is 30.5. The van der Waals surface area contributed by atoms with E-state index in [0.29, 0.717) is 11.1 Å². The summed E-state index contributed by atoms with van der Waals surface area (Å²) < 4.78 is 35.7. The molecular formula is C32H36F2N2O4. The van der Waals surface area contributed by atoms with Crippen molar-refractivity contribution in [1.29, 1.82) is 0 Å². The molecule has 0 heterocycles. The summed E-state index contributed by atoms with van der Waals surface area (Å²) in [5.74, 6) is -5.81. The van der Waals surface area contributed by atoms with E-state index in [9.17, 15) is 14.4 Å². The first-order chi connectivity index (χ1) is 19.0. The number of halogens is 2. The topological polar surface area (TPSA) is 84.5 Å². The molecule has 2 amide bonds. The van der Waals surface area contributed by atoms with E-state index in [0.717, 1.165) is 5.56 Å². The molecule has 2 N–H and O–H groups in total. The summed E-state index contributed by atoms with van der Waals surface area (Å²) in [7, 11) is 0. The summed E-state index contributed by atoms with van der Waals surface area (Å²) >= 11 is 0. The predicted octanol–water partition coefficient (Wildman–Crippen LogP) is 5.89. The number of nitrogens with one attached hydrogen (secondary N) is 2. The van der Waals surface area contributed by atoms with Crippen LogP contribution in [0.4, 0.5) is 13.6 Å². The molecule has 3 aromatic carbocycles. The van der Waals surface area contributed by atoms with Crippen LogP contribution in [0.5, 0.6) is 0 Å². The van der Waals surface area contributed by atoms with E-state index in [1.165, 1.54) is 0 Å². The molecular weight excluding hydrogens is 514 g/mol. The van der Waals surface area contributed by atoms with Crippen molar-refractivity contribution >= 4 is 17.8 Å². The molecule has 0 aliphatic carbocycles. The van der Waals surface area contributed by atoms with Crippen LogP contribution >= 0.6 is 0 Å². The van der Waals surface area contributed by atoms with Gasteiger partial charge in [0, 0.05) is 6.42 Å². The van der Waals surface area contributed by atoms with Crippen LogP contribution < -0.4 is 10.6 Å². The summed E-state index contributed by atoms with van der Waals surface area (Å²) in [5.41, 5.74) is 1.25. The maximum absolute atomic E-state index is 15.2. The van der Waals surface area contributed by atoms with Gasteiger partial charge in [-0.1, -0.05) is 112 Å². The van der Waals surface area contributed by atoms with Gasteiger partial charge in [0.1, 0.15) is 12.6 Å². The second-order valence-electron chi connectivity index (χ2n) is 10.8. The van der Waals surface area contributed by atoms with Gasteiger partial charge in [-0.2, -0.15) is 8.78 Å². The van der Waals surface area contributed by atoms with Gasteiger partial charge in [0.2, 0.25) is 11.7 Å². The van der Waals surface area contributed by atoms with E-state index >= 15 is 8.78 Å². The Labute approximate surface area is 234 Å². The molecule has 2 atom stereocenters. The standard InChI is InChI=1S/C32H36F2N2O4/c1-31(2,3)27(36-30(39)40-22-25-17-11-6-12-18-25)29(38)35-26(21-24-15-9-5-10-16-24)28(37)32(33,34)20-19-23-13-7-4-8-14-23/h4-18,26-27H,19-22H2,1-3H3,(H,35,38)(H,36,39)/t26?,27-/m1/s1. The highest BCUT2D eigenvalue weighted by molar-refractivity contribution is 5.96. The van der Waals surface area contributed by atoms with Crippen LogP contribution in [-0.2, 0) is 33.8 Å². The maximum Gasteiger partial charge on any atom is 0.408 e. The van der Waals surface area contributed by atoms with Crippen LogP contribution in [-0.4, -0.2) is 35.8 Å². The molecule has 8 heteroatoms. The average Bonchev–Trinajstić information content (AvgIpc) is 2.94. The molecule has 0 saturated carbocycles. The van der Waals surface area contributed by atoms with Gasteiger partial charge in [-0.25, -0.2) is 4.79 Å². The number of carbonyl (C=O) groups is 3. The fraction of sp³-hybridized carbons (Fsp3) is 0.344. The summed E-state index contributed by atoms with van der Waals surface area (Å²) in [5, 5.41) is 5.07. The lowest BCUT2D eigenvalue weighted by Gasteiger charge is -2.32. The summed E-state index contributed by atoms with van der Waals surface area (Å²) in [4.78, 5) is 39.2. The molecule has 40 heavy (non-hydrogen) atoms. The molecule has 0 saturated heterocycles. The number of carbonyl (C=O) groups excluding carboxylic acids is 3. The van der Waals surface area contributed by atoms with Crippen molar-refractivity contribution in [2.24, 2.45) is 5.41 Å². The second-order valence-corrected chi connectivity index (χ2v) is 10.8. The smallest absolute Gasteiger partial charge is 0.408 e. The van der Waals surface area contributed by atoms with Crippen molar-refractivity contribution in [2.75, 3.05) is 0 Å². The van der Waals surface area contributed by atoms with Crippen LogP contribution in [0, 0.1) is 5.41 Å². The number of hydrogen-bond donors (Lipinski definition) is 2. The Hall–Kier alpha value is -4.07. The number of hydrogen-bond acceptors (Lipinski definition) is 4. The highest BCUT2D eigenvalue weighted by Gasteiger charge is 2.44. The van der Waals surface area contributed by atoms with Gasteiger partial charge in [0.05, 0.1) is 6.04 Å². The molecule has 0 spiro atoms. The normalized spacial score (nSPS) is 13.1. The molecule has 6 nitrogen and oxygen atoms in total. The number of alkyl halides is 2. The Morgan fingerprint density at radius 2 is 1.25 bits per heavy atom. The average molecular weight is 551 g/mol. The number of rotatable bonds is 12. The molecule has 3 rings (SSSR count). The number of aryl methyl sites for hydroxylation is 1. The SMILES string of the molecule is CC(C)(C)[C@H](NC(=O)OCc1ccccc1)C(=O)NC(Cc1ccccc1)C(=O)C(F)(F)CCc1ccccc1. The first-order valence-corrected chi connectivity index (χ1v) is 13.2. The number of ether oxygens (including phenoxy) is 1. The van der Waals surface area contributed by atoms with Crippen molar-refractivity contribution in [1.82, 2.24) is 10.6 Å². The van der Waals surface area contributed by atoms with Crippen LogP contribution in [0.15, 0.2) is 91.0 Å². The minimum absolute atomic E-state index is 0.00497. The number of alkyl carbamates (subject to hydrolysis) is 1. The van der Waals surface area contributed by atoms with E-state index in [4.69, 9.17) is 4.74 Å². The maximum atomic E-state index is 15.2. The van der Waals surface area contributed by atoms with Crippen molar-refractivity contribution in [3.63, 3.8) is 0 Å².